The lowest BCUT2D eigenvalue weighted by molar-refractivity contribution is -0.116. The molecule has 0 radical (unpaired) electrons. The summed E-state index contributed by atoms with van der Waals surface area (Å²) in [6.07, 6.45) is 3.25. The summed E-state index contributed by atoms with van der Waals surface area (Å²) in [5.74, 6) is 0.172. The van der Waals surface area contributed by atoms with Crippen LogP contribution in [0.1, 0.15) is 28.8 Å². The Hall–Kier alpha value is -2.71. The largest absolute Gasteiger partial charge is 0.493 e. The number of hydrogen-bond acceptors (Lipinski definition) is 7. The highest BCUT2D eigenvalue weighted by molar-refractivity contribution is 6.39. The van der Waals surface area contributed by atoms with Crippen LogP contribution in [-0.2, 0) is 11.2 Å². The lowest BCUT2D eigenvalue weighted by Crippen LogP contribution is -2.51. The second-order valence-electron chi connectivity index (χ2n) is 7.24. The maximum atomic E-state index is 12.9. The van der Waals surface area contributed by atoms with E-state index in [0.717, 1.165) is 0 Å². The average molecular weight is 467 g/mol. The number of aromatic nitrogens is 1. The molecule has 0 aliphatic carbocycles. The smallest absolute Gasteiger partial charge is 0.409 e. The number of halogens is 2. The van der Waals surface area contributed by atoms with Crippen molar-refractivity contribution in [2.45, 2.75) is 25.0 Å². The number of rotatable bonds is 4. The highest BCUT2D eigenvalue weighted by Crippen LogP contribution is 2.51. The van der Waals surface area contributed by atoms with Gasteiger partial charge in [-0.3, -0.25) is 9.78 Å². The van der Waals surface area contributed by atoms with Gasteiger partial charge >= 0.3 is 6.09 Å². The molecule has 0 bridgehead atoms. The predicted molar refractivity (Wildman–Crippen MR) is 112 cm³/mol. The van der Waals surface area contributed by atoms with Crippen molar-refractivity contribution >= 4 is 35.1 Å². The Kier molecular flexibility index (Phi) is 5.85. The first-order chi connectivity index (χ1) is 14.9. The van der Waals surface area contributed by atoms with Crippen LogP contribution >= 0.6 is 23.2 Å². The third kappa shape index (κ3) is 3.97. The molecular weight excluding hydrogens is 447 g/mol. The fraction of sp³-hybridized carbons (Fsp3) is 0.381. The molecule has 2 aliphatic rings. The highest BCUT2D eigenvalue weighted by Gasteiger charge is 2.47. The van der Waals surface area contributed by atoms with E-state index in [1.165, 1.54) is 26.6 Å². The molecule has 1 amide bonds. The summed E-state index contributed by atoms with van der Waals surface area (Å²) in [7, 11) is 2.88. The molecule has 1 aromatic heterocycles. The van der Waals surface area contributed by atoms with E-state index in [-0.39, 0.29) is 33.9 Å². The second-order valence-corrected chi connectivity index (χ2v) is 8.05. The fourth-order valence-electron chi connectivity index (χ4n) is 3.79. The van der Waals surface area contributed by atoms with Crippen LogP contribution < -0.4 is 14.2 Å². The van der Waals surface area contributed by atoms with E-state index in [0.29, 0.717) is 48.7 Å². The van der Waals surface area contributed by atoms with E-state index in [9.17, 15) is 9.59 Å². The van der Waals surface area contributed by atoms with Crippen molar-refractivity contribution in [3.05, 3.63) is 45.7 Å². The quantitative estimate of drug-likeness (QED) is 0.625. The van der Waals surface area contributed by atoms with Crippen LogP contribution in [0.5, 0.6) is 17.2 Å². The summed E-state index contributed by atoms with van der Waals surface area (Å²) >= 11 is 12.3. The molecule has 31 heavy (non-hydrogen) atoms. The van der Waals surface area contributed by atoms with Crippen molar-refractivity contribution in [3.63, 3.8) is 0 Å². The van der Waals surface area contributed by atoms with Crippen molar-refractivity contribution in [1.29, 1.82) is 0 Å². The first kappa shape index (κ1) is 21.5. The van der Waals surface area contributed by atoms with Crippen LogP contribution in [0.4, 0.5) is 4.79 Å². The minimum atomic E-state index is -0.939. The summed E-state index contributed by atoms with van der Waals surface area (Å²) < 4.78 is 22.7. The monoisotopic (exact) mass is 466 g/mol. The Bertz CT molecular complexity index is 1020. The molecule has 0 atom stereocenters. The zero-order chi connectivity index (χ0) is 22.2. The van der Waals surface area contributed by atoms with Crippen LogP contribution in [0.15, 0.2) is 24.5 Å². The van der Waals surface area contributed by atoms with Gasteiger partial charge < -0.3 is 23.8 Å². The van der Waals surface area contributed by atoms with Gasteiger partial charge in [0, 0.05) is 50.3 Å². The first-order valence-corrected chi connectivity index (χ1v) is 10.4. The summed E-state index contributed by atoms with van der Waals surface area (Å²) in [6.45, 7) is 0.832. The molecule has 1 spiro atoms. The van der Waals surface area contributed by atoms with E-state index in [4.69, 9.17) is 42.1 Å². The van der Waals surface area contributed by atoms with Gasteiger partial charge in [0.05, 0.1) is 29.8 Å². The fourth-order valence-corrected chi connectivity index (χ4v) is 4.36. The maximum absolute atomic E-state index is 12.9. The van der Waals surface area contributed by atoms with Gasteiger partial charge in [-0.25, -0.2) is 4.79 Å². The number of methoxy groups -OCH3 is 2. The van der Waals surface area contributed by atoms with Gasteiger partial charge in [0.25, 0.3) is 5.79 Å². The van der Waals surface area contributed by atoms with E-state index in [1.54, 1.807) is 17.0 Å². The topological polar surface area (TPSA) is 87.2 Å². The molecule has 1 aromatic carbocycles. The summed E-state index contributed by atoms with van der Waals surface area (Å²) in [6, 6.07) is 3.48. The molecule has 4 rings (SSSR count). The van der Waals surface area contributed by atoms with Gasteiger partial charge in [0.2, 0.25) is 5.75 Å². The van der Waals surface area contributed by atoms with Crippen molar-refractivity contribution in [1.82, 2.24) is 9.88 Å². The molecule has 164 valence electrons. The number of ketones is 1. The van der Waals surface area contributed by atoms with Crippen LogP contribution in [0.3, 0.4) is 0 Å². The normalized spacial score (nSPS) is 16.3. The number of piperidine rings is 1. The number of nitrogens with zero attached hydrogens (tertiary/aromatic N) is 2. The predicted octanol–water partition coefficient (Wildman–Crippen LogP) is 4.15. The number of carbonyl (C=O) groups excluding carboxylic acids is 2. The Morgan fingerprint density at radius 2 is 1.74 bits per heavy atom. The van der Waals surface area contributed by atoms with Gasteiger partial charge in [-0.2, -0.15) is 0 Å². The molecule has 2 aliphatic heterocycles. The zero-order valence-corrected chi connectivity index (χ0v) is 18.5. The third-order valence-corrected chi connectivity index (χ3v) is 5.97. The average Bonchev–Trinajstić information content (AvgIpc) is 3.13. The minimum Gasteiger partial charge on any atom is -0.493 e. The number of Topliss-reactive ketones (excluding diaryl/α,β-unsaturated/α-hetero) is 1. The van der Waals surface area contributed by atoms with Crippen LogP contribution in [0.25, 0.3) is 0 Å². The molecule has 8 nitrogen and oxygen atoms in total. The summed E-state index contributed by atoms with van der Waals surface area (Å²) in [5.41, 5.74) is 0.833. The van der Waals surface area contributed by atoms with Gasteiger partial charge in [-0.05, 0) is 6.07 Å². The molecule has 1 fully saturated rings. The zero-order valence-electron chi connectivity index (χ0n) is 16.9. The number of fused-ring (bicyclic) bond motifs is 1. The number of amides is 1. The molecule has 2 aromatic rings. The van der Waals surface area contributed by atoms with E-state index in [1.807, 2.05) is 0 Å². The second kappa shape index (κ2) is 8.43. The van der Waals surface area contributed by atoms with Gasteiger partial charge in [0.15, 0.2) is 17.3 Å². The lowest BCUT2D eigenvalue weighted by atomic mass is 10.0. The molecule has 1 saturated heterocycles. The maximum Gasteiger partial charge on any atom is 0.409 e. The van der Waals surface area contributed by atoms with Gasteiger partial charge in [0.1, 0.15) is 0 Å². The minimum absolute atomic E-state index is 0.00348. The molecule has 0 N–H and O–H groups in total. The number of carbonyl (C=O) groups is 2. The van der Waals surface area contributed by atoms with Gasteiger partial charge in [-0.1, -0.05) is 29.3 Å². The van der Waals surface area contributed by atoms with E-state index in [2.05, 4.69) is 4.98 Å². The van der Waals surface area contributed by atoms with Crippen molar-refractivity contribution in [2.75, 3.05) is 27.3 Å². The molecule has 10 heteroatoms. The molecule has 0 unspecified atom stereocenters. The standard InChI is InChI=1S/C21H20Cl2N2O6/c1-28-16-4-3-12(9-15(26)17-13(22)10-24-11-14(17)23)18-19(16)31-21(30-18)5-7-25(8-6-21)20(27)29-2/h3-4,10-11H,5-9H2,1-2H3. The number of pyridine rings is 1. The molecule has 3 heterocycles. The van der Waals surface area contributed by atoms with Crippen LogP contribution in [-0.4, -0.2) is 54.9 Å². The van der Waals surface area contributed by atoms with Crippen LogP contribution in [0.2, 0.25) is 10.0 Å². The Morgan fingerprint density at radius 1 is 1.10 bits per heavy atom. The molecular formula is C21H20Cl2N2O6. The first-order valence-electron chi connectivity index (χ1n) is 9.60. The number of hydrogen-bond donors (Lipinski definition) is 0. The Labute approximate surface area is 188 Å². The van der Waals surface area contributed by atoms with E-state index >= 15 is 0 Å². The van der Waals surface area contributed by atoms with Gasteiger partial charge in [-0.15, -0.1) is 0 Å². The molecule has 0 saturated carbocycles. The highest BCUT2D eigenvalue weighted by atomic mass is 35.5. The SMILES string of the molecule is COC(=O)N1CCC2(CC1)Oc1c(CC(=O)c3c(Cl)cncc3Cl)ccc(OC)c1O2. The van der Waals surface area contributed by atoms with E-state index < -0.39 is 5.79 Å². The van der Waals surface area contributed by atoms with Crippen LogP contribution in [0, 0.1) is 0 Å². The Balaban J connectivity index is 1.60. The van der Waals surface area contributed by atoms with Crippen molar-refractivity contribution < 1.29 is 28.5 Å². The summed E-state index contributed by atoms with van der Waals surface area (Å²) in [4.78, 5) is 30.2. The number of likely N-dealkylation sites (tertiary alicyclic amines) is 1. The lowest BCUT2D eigenvalue weighted by Gasteiger charge is -2.36. The third-order valence-electron chi connectivity index (χ3n) is 5.39. The summed E-state index contributed by atoms with van der Waals surface area (Å²) in [5, 5.41) is 0.373. The Morgan fingerprint density at radius 3 is 2.35 bits per heavy atom. The number of ether oxygens (including phenoxy) is 4. The van der Waals surface area contributed by atoms with Crippen molar-refractivity contribution in [3.8, 4) is 17.2 Å². The van der Waals surface area contributed by atoms with Crippen molar-refractivity contribution in [2.24, 2.45) is 0 Å². The number of benzene rings is 1.